The van der Waals surface area contributed by atoms with Gasteiger partial charge in [0.2, 0.25) is 0 Å². The zero-order valence-electron chi connectivity index (χ0n) is 10.3. The third-order valence-electron chi connectivity index (χ3n) is 3.46. The molecule has 18 heavy (non-hydrogen) atoms. The fourth-order valence-electron chi connectivity index (χ4n) is 2.49. The van der Waals surface area contributed by atoms with Gasteiger partial charge in [-0.2, -0.15) is 0 Å². The van der Waals surface area contributed by atoms with Gasteiger partial charge in [-0.05, 0) is 35.2 Å². The topological polar surface area (TPSA) is 26.3 Å². The molecule has 0 spiro atoms. The molecule has 2 heteroatoms. The van der Waals surface area contributed by atoms with E-state index in [0.717, 1.165) is 28.9 Å². The lowest BCUT2D eigenvalue weighted by Gasteiger charge is -2.07. The van der Waals surface area contributed by atoms with Crippen molar-refractivity contribution < 1.29 is 9.53 Å². The molecule has 0 amide bonds. The predicted octanol–water partition coefficient (Wildman–Crippen LogP) is 3.02. The second-order valence-corrected chi connectivity index (χ2v) is 4.57. The fraction of sp³-hybridized carbons (Fsp3) is 0.188. The maximum Gasteiger partial charge on any atom is 0.167 e. The Morgan fingerprint density at radius 3 is 2.61 bits per heavy atom. The molecule has 0 aromatic heterocycles. The molecule has 0 atom stereocenters. The number of ketones is 1. The van der Waals surface area contributed by atoms with Crippen LogP contribution in [-0.2, 0) is 12.8 Å². The number of fused-ring (bicyclic) bond motifs is 2. The molecule has 90 valence electrons. The summed E-state index contributed by atoms with van der Waals surface area (Å²) >= 11 is 0. The van der Waals surface area contributed by atoms with E-state index in [4.69, 9.17) is 4.74 Å². The van der Waals surface area contributed by atoms with Crippen LogP contribution in [0.1, 0.15) is 27.0 Å². The number of rotatable bonds is 1. The Morgan fingerprint density at radius 2 is 1.78 bits per heavy atom. The highest BCUT2D eigenvalue weighted by molar-refractivity contribution is 5.99. The number of methoxy groups -OCH3 is 1. The third-order valence-corrected chi connectivity index (χ3v) is 3.46. The number of Topliss-reactive ketones (excluding diaryl/α,β-unsaturated/α-hetero) is 1. The fourth-order valence-corrected chi connectivity index (χ4v) is 2.49. The van der Waals surface area contributed by atoms with Gasteiger partial charge in [-0.1, -0.05) is 30.3 Å². The molecule has 2 aromatic rings. The van der Waals surface area contributed by atoms with E-state index < -0.39 is 0 Å². The van der Waals surface area contributed by atoms with E-state index in [0.29, 0.717) is 6.42 Å². The molecule has 1 aliphatic rings. The van der Waals surface area contributed by atoms with E-state index in [1.807, 2.05) is 36.4 Å². The minimum absolute atomic E-state index is 0.192. The number of carbonyl (C=O) groups is 1. The van der Waals surface area contributed by atoms with Gasteiger partial charge >= 0.3 is 0 Å². The standard InChI is InChI=1S/C16H14O2/c1-18-14-7-6-11-8-12-4-2-3-5-15(12)16(17)10-13(11)9-14/h2-7,9H,8,10H2,1H3. The Labute approximate surface area is 106 Å². The van der Waals surface area contributed by atoms with E-state index in [1.54, 1.807) is 7.11 Å². The molecule has 3 rings (SSSR count). The van der Waals surface area contributed by atoms with E-state index in [9.17, 15) is 4.79 Å². The maximum atomic E-state index is 12.2. The van der Waals surface area contributed by atoms with Gasteiger partial charge in [-0.3, -0.25) is 4.79 Å². The van der Waals surface area contributed by atoms with Crippen molar-refractivity contribution in [2.45, 2.75) is 12.8 Å². The summed E-state index contributed by atoms with van der Waals surface area (Å²) in [4.78, 5) is 12.2. The van der Waals surface area contributed by atoms with Crippen molar-refractivity contribution in [2.24, 2.45) is 0 Å². The Morgan fingerprint density at radius 1 is 0.944 bits per heavy atom. The van der Waals surface area contributed by atoms with Crippen LogP contribution in [0.15, 0.2) is 42.5 Å². The SMILES string of the molecule is COc1ccc2c(c1)CC(=O)c1ccccc1C2. The Bertz CT molecular complexity index is 614. The van der Waals surface area contributed by atoms with Crippen molar-refractivity contribution in [1.82, 2.24) is 0 Å². The van der Waals surface area contributed by atoms with Crippen molar-refractivity contribution in [3.8, 4) is 5.75 Å². The van der Waals surface area contributed by atoms with Crippen LogP contribution in [0.2, 0.25) is 0 Å². The van der Waals surface area contributed by atoms with Gasteiger partial charge in [-0.15, -0.1) is 0 Å². The Kier molecular flexibility index (Phi) is 2.63. The van der Waals surface area contributed by atoms with Gasteiger partial charge in [0.05, 0.1) is 7.11 Å². The summed E-state index contributed by atoms with van der Waals surface area (Å²) in [6, 6.07) is 13.8. The molecule has 1 aliphatic carbocycles. The molecular weight excluding hydrogens is 224 g/mol. The molecule has 0 aliphatic heterocycles. The van der Waals surface area contributed by atoms with Crippen LogP contribution in [0.3, 0.4) is 0 Å². The first-order valence-electron chi connectivity index (χ1n) is 6.05. The molecule has 0 radical (unpaired) electrons. The van der Waals surface area contributed by atoms with Crippen LogP contribution in [0.25, 0.3) is 0 Å². The van der Waals surface area contributed by atoms with Gasteiger partial charge in [-0.25, -0.2) is 0 Å². The van der Waals surface area contributed by atoms with Crippen LogP contribution >= 0.6 is 0 Å². The summed E-state index contributed by atoms with van der Waals surface area (Å²) < 4.78 is 5.22. The van der Waals surface area contributed by atoms with Crippen LogP contribution in [-0.4, -0.2) is 12.9 Å². The van der Waals surface area contributed by atoms with E-state index in [2.05, 4.69) is 6.07 Å². The van der Waals surface area contributed by atoms with Crippen molar-refractivity contribution in [3.63, 3.8) is 0 Å². The zero-order valence-corrected chi connectivity index (χ0v) is 10.3. The smallest absolute Gasteiger partial charge is 0.167 e. The van der Waals surface area contributed by atoms with Gasteiger partial charge in [0.1, 0.15) is 5.75 Å². The first-order valence-corrected chi connectivity index (χ1v) is 6.05. The molecule has 0 heterocycles. The Hall–Kier alpha value is -2.09. The lowest BCUT2D eigenvalue weighted by Crippen LogP contribution is -2.03. The second-order valence-electron chi connectivity index (χ2n) is 4.57. The first kappa shape index (κ1) is 11.0. The van der Waals surface area contributed by atoms with Gasteiger partial charge in [0.25, 0.3) is 0 Å². The van der Waals surface area contributed by atoms with Crippen molar-refractivity contribution >= 4 is 5.78 Å². The number of ether oxygens (including phenoxy) is 1. The van der Waals surface area contributed by atoms with Crippen LogP contribution in [0.5, 0.6) is 5.75 Å². The molecule has 2 aromatic carbocycles. The summed E-state index contributed by atoms with van der Waals surface area (Å²) in [7, 11) is 1.65. The summed E-state index contributed by atoms with van der Waals surface area (Å²) in [5, 5.41) is 0. The van der Waals surface area contributed by atoms with Crippen molar-refractivity contribution in [1.29, 1.82) is 0 Å². The van der Waals surface area contributed by atoms with E-state index in [-0.39, 0.29) is 5.78 Å². The summed E-state index contributed by atoms with van der Waals surface area (Å²) in [6.45, 7) is 0. The number of hydrogen-bond donors (Lipinski definition) is 0. The van der Waals surface area contributed by atoms with Crippen molar-refractivity contribution in [3.05, 3.63) is 64.7 Å². The van der Waals surface area contributed by atoms with Gasteiger partial charge in [0.15, 0.2) is 5.78 Å². The number of carbonyl (C=O) groups excluding carboxylic acids is 1. The molecule has 0 fully saturated rings. The molecule has 0 saturated heterocycles. The number of hydrogen-bond acceptors (Lipinski definition) is 2. The normalized spacial score (nSPS) is 13.5. The molecule has 0 N–H and O–H groups in total. The monoisotopic (exact) mass is 238 g/mol. The minimum atomic E-state index is 0.192. The molecule has 0 unspecified atom stereocenters. The van der Waals surface area contributed by atoms with Crippen molar-refractivity contribution in [2.75, 3.05) is 7.11 Å². The third kappa shape index (κ3) is 1.80. The summed E-state index contributed by atoms with van der Waals surface area (Å²) in [5.74, 6) is 1.00. The molecule has 0 bridgehead atoms. The van der Waals surface area contributed by atoms with Crippen LogP contribution in [0.4, 0.5) is 0 Å². The van der Waals surface area contributed by atoms with E-state index >= 15 is 0 Å². The summed E-state index contributed by atoms with van der Waals surface area (Å²) in [5.41, 5.74) is 4.27. The molecular formula is C16H14O2. The maximum absolute atomic E-state index is 12.2. The highest BCUT2D eigenvalue weighted by Crippen LogP contribution is 2.27. The second kappa shape index (κ2) is 4.30. The predicted molar refractivity (Wildman–Crippen MR) is 70.3 cm³/mol. The van der Waals surface area contributed by atoms with Crippen LogP contribution in [0, 0.1) is 0 Å². The average molecular weight is 238 g/mol. The Balaban J connectivity index is 2.12. The highest BCUT2D eigenvalue weighted by Gasteiger charge is 2.19. The molecule has 0 saturated carbocycles. The van der Waals surface area contributed by atoms with E-state index in [1.165, 1.54) is 5.56 Å². The lowest BCUT2D eigenvalue weighted by atomic mass is 10.0. The van der Waals surface area contributed by atoms with Gasteiger partial charge in [0, 0.05) is 12.0 Å². The number of benzene rings is 2. The highest BCUT2D eigenvalue weighted by atomic mass is 16.5. The van der Waals surface area contributed by atoms with Crippen LogP contribution < -0.4 is 4.74 Å². The molecule has 2 nitrogen and oxygen atoms in total. The lowest BCUT2D eigenvalue weighted by molar-refractivity contribution is 0.0993. The quantitative estimate of drug-likeness (QED) is 0.763. The summed E-state index contributed by atoms with van der Waals surface area (Å²) in [6.07, 6.45) is 1.28. The zero-order chi connectivity index (χ0) is 12.5. The van der Waals surface area contributed by atoms with Gasteiger partial charge < -0.3 is 4.74 Å². The first-order chi connectivity index (χ1) is 8.78. The minimum Gasteiger partial charge on any atom is -0.497 e. The largest absolute Gasteiger partial charge is 0.497 e. The average Bonchev–Trinajstić information content (AvgIpc) is 2.54.